The van der Waals surface area contributed by atoms with Crippen LogP contribution in [0, 0.1) is 23.2 Å². The molecular formula is C26H30N4O2. The molecule has 2 aromatic rings. The Morgan fingerprint density at radius 1 is 1.00 bits per heavy atom. The van der Waals surface area contributed by atoms with Gasteiger partial charge >= 0.3 is 0 Å². The fraction of sp³-hybridized carbons (Fsp3) is 0.538. The maximum absolute atomic E-state index is 13.5. The van der Waals surface area contributed by atoms with Crippen molar-refractivity contribution in [1.82, 2.24) is 14.9 Å². The largest absolute Gasteiger partial charge is 0.336 e. The van der Waals surface area contributed by atoms with Crippen molar-refractivity contribution >= 4 is 17.6 Å². The number of hydrogen-bond donors (Lipinski definition) is 1. The number of hydrogen-bond acceptors (Lipinski definition) is 4. The van der Waals surface area contributed by atoms with E-state index in [0.717, 1.165) is 53.8 Å². The maximum atomic E-state index is 13.5. The van der Waals surface area contributed by atoms with Crippen LogP contribution >= 0.6 is 0 Å². The number of carbonyl (C=O) groups excluding carboxylic acids is 2. The molecule has 1 aromatic heterocycles. The Morgan fingerprint density at radius 3 is 2.38 bits per heavy atom. The molecule has 0 unspecified atom stereocenters. The van der Waals surface area contributed by atoms with Crippen LogP contribution in [0.1, 0.15) is 55.3 Å². The van der Waals surface area contributed by atoms with E-state index in [2.05, 4.69) is 15.3 Å². The van der Waals surface area contributed by atoms with Gasteiger partial charge in [0.1, 0.15) is 12.1 Å². The van der Waals surface area contributed by atoms with Gasteiger partial charge in [-0.1, -0.05) is 30.3 Å². The number of carbonyl (C=O) groups is 2. The minimum atomic E-state index is -0.196. The maximum Gasteiger partial charge on any atom is 0.231 e. The molecule has 6 nitrogen and oxygen atoms in total. The summed E-state index contributed by atoms with van der Waals surface area (Å²) < 4.78 is 0. The molecule has 0 saturated heterocycles. The molecular weight excluding hydrogens is 400 g/mol. The Bertz CT molecular complexity index is 1020. The molecule has 166 valence electrons. The topological polar surface area (TPSA) is 75.2 Å². The van der Waals surface area contributed by atoms with Crippen LogP contribution in [0.2, 0.25) is 0 Å². The molecule has 6 heteroatoms. The molecule has 4 fully saturated rings. The van der Waals surface area contributed by atoms with Gasteiger partial charge < -0.3 is 10.2 Å². The lowest BCUT2D eigenvalue weighted by Crippen LogP contribution is -2.52. The lowest BCUT2D eigenvalue weighted by molar-refractivity contribution is -0.140. The SMILES string of the molecule is O=C(Cc1ccccc1)N1CCc2c(ncnc2NC(=O)C23CC4CC(CC(C4)C2)C3)C1. The number of anilines is 1. The van der Waals surface area contributed by atoms with Gasteiger partial charge in [0, 0.05) is 12.1 Å². The molecule has 4 aliphatic carbocycles. The van der Waals surface area contributed by atoms with Crippen LogP contribution in [0.4, 0.5) is 5.82 Å². The van der Waals surface area contributed by atoms with Crippen molar-refractivity contribution in [2.75, 3.05) is 11.9 Å². The van der Waals surface area contributed by atoms with Crippen LogP contribution in [0.3, 0.4) is 0 Å². The number of fused-ring (bicyclic) bond motifs is 1. The van der Waals surface area contributed by atoms with Crippen LogP contribution in [-0.2, 0) is 29.0 Å². The minimum absolute atomic E-state index is 0.111. The van der Waals surface area contributed by atoms with Gasteiger partial charge in [0.15, 0.2) is 0 Å². The number of amides is 2. The summed E-state index contributed by atoms with van der Waals surface area (Å²) >= 11 is 0. The van der Waals surface area contributed by atoms with E-state index < -0.39 is 0 Å². The van der Waals surface area contributed by atoms with Crippen molar-refractivity contribution in [1.29, 1.82) is 0 Å². The van der Waals surface area contributed by atoms with Crippen LogP contribution in [0.5, 0.6) is 0 Å². The standard InChI is InChI=1S/C26H30N4O2/c31-23(11-17-4-2-1-3-5-17)30-7-6-21-22(15-30)27-16-28-24(21)29-25(32)26-12-18-8-19(13-26)10-20(9-18)14-26/h1-5,16,18-20H,6-15H2,(H,27,28,29,32). The van der Waals surface area contributed by atoms with Gasteiger partial charge in [-0.05, 0) is 68.3 Å². The van der Waals surface area contributed by atoms with Gasteiger partial charge in [0.25, 0.3) is 0 Å². The van der Waals surface area contributed by atoms with E-state index in [9.17, 15) is 9.59 Å². The molecule has 4 saturated carbocycles. The number of rotatable bonds is 4. The quantitative estimate of drug-likeness (QED) is 0.801. The summed E-state index contributed by atoms with van der Waals surface area (Å²) in [4.78, 5) is 37.1. The second kappa shape index (κ2) is 7.68. The van der Waals surface area contributed by atoms with Crippen molar-refractivity contribution in [2.24, 2.45) is 23.2 Å². The van der Waals surface area contributed by atoms with Gasteiger partial charge in [0.2, 0.25) is 11.8 Å². The van der Waals surface area contributed by atoms with Crippen molar-refractivity contribution in [3.63, 3.8) is 0 Å². The second-order valence-corrected chi connectivity index (χ2v) is 10.5. The first-order valence-electron chi connectivity index (χ1n) is 12.0. The third-order valence-electron chi connectivity index (χ3n) is 8.31. The lowest BCUT2D eigenvalue weighted by atomic mass is 9.49. The molecule has 1 aliphatic heterocycles. The lowest BCUT2D eigenvalue weighted by Gasteiger charge is -2.55. The number of benzene rings is 1. The highest BCUT2D eigenvalue weighted by Gasteiger charge is 2.54. The third kappa shape index (κ3) is 3.50. The predicted molar refractivity (Wildman–Crippen MR) is 121 cm³/mol. The van der Waals surface area contributed by atoms with E-state index in [0.29, 0.717) is 31.7 Å². The van der Waals surface area contributed by atoms with E-state index >= 15 is 0 Å². The first-order chi connectivity index (χ1) is 15.6. The van der Waals surface area contributed by atoms with E-state index in [1.54, 1.807) is 0 Å². The smallest absolute Gasteiger partial charge is 0.231 e. The summed E-state index contributed by atoms with van der Waals surface area (Å²) in [5.41, 5.74) is 2.68. The molecule has 1 aromatic carbocycles. The molecule has 0 spiro atoms. The zero-order valence-corrected chi connectivity index (χ0v) is 18.4. The number of aromatic nitrogens is 2. The van der Waals surface area contributed by atoms with Gasteiger partial charge in [-0.2, -0.15) is 0 Å². The second-order valence-electron chi connectivity index (χ2n) is 10.5. The average Bonchev–Trinajstić information content (AvgIpc) is 2.78. The zero-order valence-electron chi connectivity index (χ0n) is 18.4. The average molecular weight is 431 g/mol. The molecule has 5 aliphatic rings. The van der Waals surface area contributed by atoms with E-state index in [1.807, 2.05) is 35.2 Å². The van der Waals surface area contributed by atoms with Crippen molar-refractivity contribution in [3.05, 3.63) is 53.5 Å². The molecule has 0 radical (unpaired) electrons. The molecule has 4 bridgehead atoms. The van der Waals surface area contributed by atoms with Crippen molar-refractivity contribution < 1.29 is 9.59 Å². The highest BCUT2D eigenvalue weighted by atomic mass is 16.2. The zero-order chi connectivity index (χ0) is 21.7. The first kappa shape index (κ1) is 19.9. The number of nitrogens with zero attached hydrogens (tertiary/aromatic N) is 3. The van der Waals surface area contributed by atoms with Gasteiger partial charge in [-0.25, -0.2) is 9.97 Å². The summed E-state index contributed by atoms with van der Waals surface area (Å²) in [5, 5.41) is 3.22. The fourth-order valence-corrected chi connectivity index (χ4v) is 7.19. The highest BCUT2D eigenvalue weighted by Crippen LogP contribution is 2.60. The highest BCUT2D eigenvalue weighted by molar-refractivity contribution is 5.95. The van der Waals surface area contributed by atoms with Crippen LogP contribution in [-0.4, -0.2) is 33.2 Å². The molecule has 2 amide bonds. The monoisotopic (exact) mass is 430 g/mol. The van der Waals surface area contributed by atoms with Crippen molar-refractivity contribution in [3.8, 4) is 0 Å². The van der Waals surface area contributed by atoms with Crippen LogP contribution in [0.15, 0.2) is 36.7 Å². The predicted octanol–water partition coefficient (Wildman–Crippen LogP) is 3.76. The molecule has 7 rings (SSSR count). The Kier molecular flexibility index (Phi) is 4.77. The fourth-order valence-electron chi connectivity index (χ4n) is 7.19. The van der Waals surface area contributed by atoms with Gasteiger partial charge in [-0.15, -0.1) is 0 Å². The summed E-state index contributed by atoms with van der Waals surface area (Å²) in [7, 11) is 0. The van der Waals surface area contributed by atoms with Gasteiger partial charge in [-0.3, -0.25) is 9.59 Å². The van der Waals surface area contributed by atoms with Crippen molar-refractivity contribution in [2.45, 2.75) is 57.9 Å². The Hall–Kier alpha value is -2.76. The summed E-state index contributed by atoms with van der Waals surface area (Å²) in [6.07, 6.45) is 9.69. The van der Waals surface area contributed by atoms with Crippen LogP contribution < -0.4 is 5.32 Å². The molecule has 2 heterocycles. The summed E-state index contributed by atoms with van der Waals surface area (Å²) in [6.45, 7) is 1.11. The molecule has 0 atom stereocenters. The number of nitrogens with one attached hydrogen (secondary N) is 1. The minimum Gasteiger partial charge on any atom is -0.336 e. The van der Waals surface area contributed by atoms with Gasteiger partial charge in [0.05, 0.1) is 24.1 Å². The van der Waals surface area contributed by atoms with E-state index in [4.69, 9.17) is 0 Å². The Labute approximate surface area is 188 Å². The van der Waals surface area contributed by atoms with E-state index in [1.165, 1.54) is 25.6 Å². The summed E-state index contributed by atoms with van der Waals surface area (Å²) in [6, 6.07) is 9.84. The third-order valence-corrected chi connectivity index (χ3v) is 8.31. The molecule has 1 N–H and O–H groups in total. The summed E-state index contributed by atoms with van der Waals surface area (Å²) in [5.74, 6) is 3.13. The normalized spacial score (nSPS) is 30.1. The Balaban J connectivity index is 1.17. The molecule has 32 heavy (non-hydrogen) atoms. The van der Waals surface area contributed by atoms with Crippen LogP contribution in [0.25, 0.3) is 0 Å². The van der Waals surface area contributed by atoms with E-state index in [-0.39, 0.29) is 17.2 Å². The first-order valence-corrected chi connectivity index (χ1v) is 12.0. The Morgan fingerprint density at radius 2 is 1.69 bits per heavy atom.